The van der Waals surface area contributed by atoms with E-state index in [0.717, 1.165) is 12.8 Å². The Morgan fingerprint density at radius 2 is 2.11 bits per heavy atom. The minimum Gasteiger partial charge on any atom is -0.381 e. The van der Waals surface area contributed by atoms with Gasteiger partial charge in [0.2, 0.25) is 0 Å². The summed E-state index contributed by atoms with van der Waals surface area (Å²) in [4.78, 5) is 31.0. The standard InChI is InChI=1S/C24H29N7O4/c1-24(34-3)7-6-17(24)28-22(32)13-10-26-31-19(25-2)9-18(29-21(13)31)27-16-5-4-8-30(23(16)33)20-14-11-35-12-15(14)20/h4-5,8-10,14-15,17,20,25H,6-7,11-12H2,1-3H3,(H,27,29)(H,28,32)/t14-,15+,17?,20?,24-/m1/s1. The number of hydrogen-bond donors (Lipinski definition) is 3. The number of nitrogens with one attached hydrogen (secondary N) is 3. The van der Waals surface area contributed by atoms with Crippen LogP contribution in [0.4, 0.5) is 17.3 Å². The summed E-state index contributed by atoms with van der Waals surface area (Å²) in [5.74, 6) is 1.64. The topological polar surface area (TPSA) is 124 Å². The number of methoxy groups -OCH3 is 1. The highest BCUT2D eigenvalue weighted by atomic mass is 16.5. The van der Waals surface area contributed by atoms with Crippen LogP contribution in [-0.4, -0.2) is 64.1 Å². The van der Waals surface area contributed by atoms with Crippen molar-refractivity contribution in [2.75, 3.05) is 38.0 Å². The van der Waals surface area contributed by atoms with E-state index in [1.807, 2.05) is 19.2 Å². The number of fused-ring (bicyclic) bond motifs is 2. The van der Waals surface area contributed by atoms with Crippen molar-refractivity contribution in [2.24, 2.45) is 11.8 Å². The Hall–Kier alpha value is -3.44. The van der Waals surface area contributed by atoms with Crippen molar-refractivity contribution in [1.29, 1.82) is 0 Å². The highest BCUT2D eigenvalue weighted by molar-refractivity contribution is 6.00. The monoisotopic (exact) mass is 479 g/mol. The van der Waals surface area contributed by atoms with Crippen LogP contribution in [0.3, 0.4) is 0 Å². The molecule has 35 heavy (non-hydrogen) atoms. The van der Waals surface area contributed by atoms with Crippen molar-refractivity contribution in [3.63, 3.8) is 0 Å². The Kier molecular flexibility index (Phi) is 5.08. The zero-order valence-corrected chi connectivity index (χ0v) is 19.9. The zero-order chi connectivity index (χ0) is 24.3. The van der Waals surface area contributed by atoms with Crippen LogP contribution in [0, 0.1) is 11.8 Å². The largest absolute Gasteiger partial charge is 0.381 e. The summed E-state index contributed by atoms with van der Waals surface area (Å²) >= 11 is 0. The smallest absolute Gasteiger partial charge is 0.274 e. The third-order valence-corrected chi connectivity index (χ3v) is 7.88. The number of ether oxygens (including phenoxy) is 2. The Morgan fingerprint density at radius 1 is 1.31 bits per heavy atom. The normalized spacial score (nSPS) is 28.9. The average Bonchev–Trinajstić information content (AvgIpc) is 3.17. The molecule has 1 amide bonds. The Morgan fingerprint density at radius 3 is 2.80 bits per heavy atom. The summed E-state index contributed by atoms with van der Waals surface area (Å²) in [5.41, 5.74) is 0.698. The third kappa shape index (κ3) is 3.49. The second kappa shape index (κ2) is 8.06. The van der Waals surface area contributed by atoms with Gasteiger partial charge >= 0.3 is 0 Å². The average molecular weight is 480 g/mol. The van der Waals surface area contributed by atoms with E-state index in [0.29, 0.717) is 53.6 Å². The molecule has 1 aliphatic heterocycles. The number of rotatable bonds is 7. The predicted octanol–water partition coefficient (Wildman–Crippen LogP) is 1.79. The fourth-order valence-electron chi connectivity index (χ4n) is 5.37. The molecule has 0 bridgehead atoms. The molecule has 1 saturated heterocycles. The first-order chi connectivity index (χ1) is 16.9. The summed E-state index contributed by atoms with van der Waals surface area (Å²) < 4.78 is 14.4. The zero-order valence-electron chi connectivity index (χ0n) is 19.9. The van der Waals surface area contributed by atoms with Crippen molar-refractivity contribution in [1.82, 2.24) is 24.5 Å². The summed E-state index contributed by atoms with van der Waals surface area (Å²) in [5, 5.41) is 13.7. The maximum atomic E-state index is 13.2. The van der Waals surface area contributed by atoms with Gasteiger partial charge in [0.1, 0.15) is 22.9 Å². The molecular weight excluding hydrogens is 450 g/mol. The number of carbonyl (C=O) groups is 1. The molecule has 0 spiro atoms. The molecule has 0 aromatic carbocycles. The third-order valence-electron chi connectivity index (χ3n) is 7.88. The highest BCUT2D eigenvalue weighted by Gasteiger charge is 2.55. The highest BCUT2D eigenvalue weighted by Crippen LogP contribution is 2.53. The molecule has 3 fully saturated rings. The molecule has 0 radical (unpaired) electrons. The van der Waals surface area contributed by atoms with Gasteiger partial charge in [-0.3, -0.25) is 9.59 Å². The maximum absolute atomic E-state index is 13.2. The van der Waals surface area contributed by atoms with Crippen molar-refractivity contribution in [3.8, 4) is 0 Å². The lowest BCUT2D eigenvalue weighted by molar-refractivity contribution is -0.0828. The van der Waals surface area contributed by atoms with E-state index in [4.69, 9.17) is 9.47 Å². The molecule has 11 nitrogen and oxygen atoms in total. The maximum Gasteiger partial charge on any atom is 0.274 e. The van der Waals surface area contributed by atoms with Gasteiger partial charge in [0.05, 0.1) is 31.1 Å². The van der Waals surface area contributed by atoms with E-state index < -0.39 is 0 Å². The van der Waals surface area contributed by atoms with Gasteiger partial charge < -0.3 is 30.0 Å². The van der Waals surface area contributed by atoms with Crippen LogP contribution in [0.25, 0.3) is 5.65 Å². The van der Waals surface area contributed by atoms with E-state index in [2.05, 4.69) is 26.0 Å². The Balaban J connectivity index is 1.30. The second-order valence-electron chi connectivity index (χ2n) is 9.77. The lowest BCUT2D eigenvalue weighted by Crippen LogP contribution is -2.59. The van der Waals surface area contributed by atoms with Gasteiger partial charge in [0.25, 0.3) is 11.5 Å². The number of anilines is 3. The van der Waals surface area contributed by atoms with Gasteiger partial charge in [0.15, 0.2) is 5.65 Å². The molecule has 3 aliphatic rings. The number of amides is 1. The van der Waals surface area contributed by atoms with Gasteiger partial charge in [-0.25, -0.2) is 4.98 Å². The number of pyridine rings is 1. The summed E-state index contributed by atoms with van der Waals surface area (Å²) in [6, 6.07) is 5.47. The predicted molar refractivity (Wildman–Crippen MR) is 129 cm³/mol. The number of aromatic nitrogens is 4. The first-order valence-corrected chi connectivity index (χ1v) is 11.9. The summed E-state index contributed by atoms with van der Waals surface area (Å²) in [7, 11) is 3.43. The Bertz CT molecular complexity index is 1350. The molecule has 6 rings (SSSR count). The SMILES string of the molecule is CNc1cc(Nc2cccn(C3[C@H]4COC[C@@H]34)c2=O)nc2c(C(=O)NC3CC[C@@]3(C)OC)cnn12. The van der Waals surface area contributed by atoms with E-state index in [-0.39, 0.29) is 29.2 Å². The van der Waals surface area contributed by atoms with Crippen LogP contribution in [0.15, 0.2) is 35.4 Å². The molecule has 3 aromatic rings. The molecular formula is C24H29N7O4. The van der Waals surface area contributed by atoms with Crippen LogP contribution in [0.2, 0.25) is 0 Å². The molecule has 2 unspecified atom stereocenters. The molecule has 11 heteroatoms. The molecule has 5 atom stereocenters. The molecule has 4 heterocycles. The molecule has 3 N–H and O–H groups in total. The quantitative estimate of drug-likeness (QED) is 0.469. The van der Waals surface area contributed by atoms with Gasteiger partial charge in [-0.15, -0.1) is 0 Å². The van der Waals surface area contributed by atoms with Crippen LogP contribution < -0.4 is 21.5 Å². The molecule has 2 aliphatic carbocycles. The van der Waals surface area contributed by atoms with E-state index in [9.17, 15) is 9.59 Å². The molecule has 3 aromatic heterocycles. The van der Waals surface area contributed by atoms with Gasteiger partial charge in [-0.05, 0) is 31.9 Å². The minimum absolute atomic E-state index is 0.0740. The molecule has 2 saturated carbocycles. The second-order valence-corrected chi connectivity index (χ2v) is 9.77. The fourth-order valence-corrected chi connectivity index (χ4v) is 5.37. The fraction of sp³-hybridized carbons (Fsp3) is 0.500. The van der Waals surface area contributed by atoms with Crippen LogP contribution in [-0.2, 0) is 9.47 Å². The van der Waals surface area contributed by atoms with Crippen molar-refractivity contribution in [2.45, 2.75) is 37.5 Å². The van der Waals surface area contributed by atoms with Gasteiger partial charge in [-0.1, -0.05) is 0 Å². The van der Waals surface area contributed by atoms with Crippen molar-refractivity contribution >= 4 is 28.9 Å². The van der Waals surface area contributed by atoms with Gasteiger partial charge in [0, 0.05) is 44.3 Å². The summed E-state index contributed by atoms with van der Waals surface area (Å²) in [6.45, 7) is 3.41. The van der Waals surface area contributed by atoms with Crippen molar-refractivity contribution < 1.29 is 14.3 Å². The first kappa shape index (κ1) is 22.1. The van der Waals surface area contributed by atoms with E-state index in [1.54, 1.807) is 35.4 Å². The first-order valence-electron chi connectivity index (χ1n) is 11.9. The van der Waals surface area contributed by atoms with Crippen LogP contribution in [0.1, 0.15) is 36.2 Å². The van der Waals surface area contributed by atoms with Crippen molar-refractivity contribution in [3.05, 3.63) is 46.5 Å². The Labute approximate surface area is 201 Å². The number of nitrogens with zero attached hydrogens (tertiary/aromatic N) is 4. The molecule has 184 valence electrons. The van der Waals surface area contributed by atoms with Crippen LogP contribution in [0.5, 0.6) is 0 Å². The van der Waals surface area contributed by atoms with Crippen LogP contribution >= 0.6 is 0 Å². The minimum atomic E-state index is -0.367. The van der Waals surface area contributed by atoms with Gasteiger partial charge in [-0.2, -0.15) is 9.61 Å². The lowest BCUT2D eigenvalue weighted by Gasteiger charge is -2.45. The number of carbonyl (C=O) groups excluding carboxylic acids is 1. The van der Waals surface area contributed by atoms with E-state index in [1.165, 1.54) is 6.20 Å². The lowest BCUT2D eigenvalue weighted by atomic mass is 9.76. The number of hydrogen-bond acceptors (Lipinski definition) is 8. The van der Waals surface area contributed by atoms with E-state index >= 15 is 0 Å². The summed E-state index contributed by atoms with van der Waals surface area (Å²) in [6.07, 6.45) is 5.09.